The summed E-state index contributed by atoms with van der Waals surface area (Å²) in [6, 6.07) is 0. The number of rotatable bonds is 2. The van der Waals surface area contributed by atoms with E-state index in [-0.39, 0.29) is 77.9 Å². The van der Waals surface area contributed by atoms with Gasteiger partial charge in [0.05, 0.1) is 0 Å². The fourth-order valence-corrected chi connectivity index (χ4v) is 1.38. The molecule has 0 amide bonds. The van der Waals surface area contributed by atoms with Crippen LogP contribution >= 0.6 is 24.8 Å². The van der Waals surface area contributed by atoms with Crippen LogP contribution in [0.5, 0.6) is 0 Å². The van der Waals surface area contributed by atoms with Gasteiger partial charge in [0.1, 0.15) is 12.2 Å². The molecule has 0 fully saturated rings. The van der Waals surface area contributed by atoms with E-state index in [9.17, 15) is 10.4 Å². The summed E-state index contributed by atoms with van der Waals surface area (Å²) in [5.41, 5.74) is 7.36. The average Bonchev–Trinajstić information content (AvgIpc) is 2.55. The first-order chi connectivity index (χ1) is 10.5. The van der Waals surface area contributed by atoms with Crippen LogP contribution < -0.4 is 0 Å². The Bertz CT molecular complexity index is 618. The molecule has 0 saturated heterocycles. The Kier molecular flexibility index (Phi) is 22.4. The second kappa shape index (κ2) is 17.7. The number of nitrogens with zero attached hydrogens (tertiary/aromatic N) is 2. The molecule has 2 rings (SSSR count). The Morgan fingerprint density at radius 3 is 1.27 bits per heavy atom. The third-order valence-corrected chi connectivity index (χ3v) is 2.65. The minimum absolute atomic E-state index is 0. The molecule has 6 nitrogen and oxygen atoms in total. The Morgan fingerprint density at radius 2 is 1.08 bits per heavy atom. The number of aliphatic hydroxyl groups is 2. The quantitative estimate of drug-likeness (QED) is 0.223. The van der Waals surface area contributed by atoms with Crippen molar-refractivity contribution < 1.29 is 51.1 Å². The van der Waals surface area contributed by atoms with Crippen molar-refractivity contribution in [2.45, 2.75) is 13.8 Å². The van der Waals surface area contributed by atoms with Crippen molar-refractivity contribution in [3.05, 3.63) is 81.7 Å². The van der Waals surface area contributed by atoms with Gasteiger partial charge in [0.15, 0.2) is 0 Å². The van der Waals surface area contributed by atoms with Gasteiger partial charge in [-0.25, -0.2) is 0 Å². The molecule has 0 saturated carbocycles. The van der Waals surface area contributed by atoms with E-state index in [1.165, 1.54) is 24.3 Å². The maximum Gasteiger partial charge on any atom is 0.145 e. The SMILES string of the molecule is CC(=N[O-])C1=C=C[C](O)C=C1.CC(=N[O-])C1=C=C[C](O)C=C1.Cl.Cl.[Pd].[Pd]. The van der Waals surface area contributed by atoms with Crippen LogP contribution in [0, 0.1) is 22.6 Å². The first-order valence-electron chi connectivity index (χ1n) is 6.24. The second-order valence-corrected chi connectivity index (χ2v) is 4.27. The van der Waals surface area contributed by atoms with Gasteiger partial charge >= 0.3 is 0 Å². The van der Waals surface area contributed by atoms with Crippen molar-refractivity contribution in [2.24, 2.45) is 10.3 Å². The number of halogens is 2. The molecule has 0 spiro atoms. The summed E-state index contributed by atoms with van der Waals surface area (Å²) >= 11 is 0. The summed E-state index contributed by atoms with van der Waals surface area (Å²) in [6.45, 7) is 3.19. The summed E-state index contributed by atoms with van der Waals surface area (Å²) < 4.78 is 0. The molecule has 2 N–H and O–H groups in total. The van der Waals surface area contributed by atoms with E-state index in [0.29, 0.717) is 22.6 Å². The summed E-state index contributed by atoms with van der Waals surface area (Å²) in [5.74, 6) is 0. The minimum atomic E-state index is 0. The zero-order valence-electron chi connectivity index (χ0n) is 13.5. The molecule has 0 atom stereocenters. The maximum atomic E-state index is 10.0. The van der Waals surface area contributed by atoms with Gasteiger partial charge in [-0.15, -0.1) is 36.3 Å². The Hall–Kier alpha value is -0.715. The topological polar surface area (TPSA) is 111 Å². The van der Waals surface area contributed by atoms with E-state index in [1.807, 2.05) is 0 Å². The zero-order valence-corrected chi connectivity index (χ0v) is 18.3. The van der Waals surface area contributed by atoms with Crippen molar-refractivity contribution in [1.82, 2.24) is 0 Å². The Labute approximate surface area is 192 Å². The molecule has 150 valence electrons. The van der Waals surface area contributed by atoms with Gasteiger partial charge in [-0.2, -0.15) is 0 Å². The normalized spacial score (nSPS) is 15.8. The fraction of sp³-hybridized carbons (Fsp3) is 0.125. The fourth-order valence-electron chi connectivity index (χ4n) is 1.38. The largest absolute Gasteiger partial charge is 0.792 e. The van der Waals surface area contributed by atoms with Gasteiger partial charge < -0.3 is 30.9 Å². The van der Waals surface area contributed by atoms with Crippen molar-refractivity contribution in [3.63, 3.8) is 0 Å². The van der Waals surface area contributed by atoms with Gasteiger partial charge in [0, 0.05) is 63.4 Å². The number of aliphatic hydroxyl groups excluding tert-OH is 2. The van der Waals surface area contributed by atoms with E-state index in [2.05, 4.69) is 21.8 Å². The van der Waals surface area contributed by atoms with Crippen molar-refractivity contribution in [3.8, 4) is 0 Å². The van der Waals surface area contributed by atoms with Crippen LogP contribution in [0.1, 0.15) is 13.8 Å². The summed E-state index contributed by atoms with van der Waals surface area (Å²) in [4.78, 5) is 0. The Morgan fingerprint density at radius 1 is 0.769 bits per heavy atom. The second-order valence-electron chi connectivity index (χ2n) is 4.27. The molecular formula is C16H16Cl2N2O4Pd2-2. The van der Waals surface area contributed by atoms with Gasteiger partial charge in [-0.1, -0.05) is 0 Å². The predicted molar refractivity (Wildman–Crippen MR) is 99.3 cm³/mol. The monoisotopic (exact) mass is 582 g/mol. The molecule has 0 unspecified atom stereocenters. The number of allylic oxidation sites excluding steroid dienone is 2. The molecule has 0 heterocycles. The summed E-state index contributed by atoms with van der Waals surface area (Å²) in [6.07, 6.45) is 9.20. The molecule has 26 heavy (non-hydrogen) atoms. The zero-order chi connectivity index (χ0) is 16.5. The van der Waals surface area contributed by atoms with Gasteiger partial charge in [-0.05, 0) is 50.3 Å². The van der Waals surface area contributed by atoms with Gasteiger partial charge in [-0.3, -0.25) is 0 Å². The molecular weight excluding hydrogens is 568 g/mol. The maximum absolute atomic E-state index is 10.0. The predicted octanol–water partition coefficient (Wildman–Crippen LogP) is 3.84. The van der Waals surface area contributed by atoms with E-state index >= 15 is 0 Å². The van der Waals surface area contributed by atoms with Gasteiger partial charge in [0.2, 0.25) is 0 Å². The molecule has 0 aromatic carbocycles. The average molecular weight is 584 g/mol. The van der Waals surface area contributed by atoms with Crippen LogP contribution in [0.4, 0.5) is 0 Å². The van der Waals surface area contributed by atoms with Crippen LogP contribution in [0.25, 0.3) is 0 Å². The smallest absolute Gasteiger partial charge is 0.145 e. The molecule has 0 aliphatic heterocycles. The molecule has 2 aliphatic rings. The summed E-state index contributed by atoms with van der Waals surface area (Å²) in [7, 11) is 0. The van der Waals surface area contributed by atoms with E-state index < -0.39 is 0 Å². The van der Waals surface area contributed by atoms with Crippen LogP contribution in [-0.2, 0) is 40.8 Å². The van der Waals surface area contributed by atoms with Crippen LogP contribution in [-0.4, -0.2) is 21.6 Å². The van der Waals surface area contributed by atoms with Crippen LogP contribution in [0.3, 0.4) is 0 Å². The third kappa shape index (κ3) is 11.8. The molecule has 0 aromatic heterocycles. The van der Waals surface area contributed by atoms with Crippen molar-refractivity contribution in [2.75, 3.05) is 0 Å². The molecule has 2 radical (unpaired) electrons. The molecule has 2 aliphatic carbocycles. The van der Waals surface area contributed by atoms with Crippen molar-refractivity contribution in [1.29, 1.82) is 0 Å². The van der Waals surface area contributed by atoms with E-state index in [1.54, 1.807) is 26.0 Å². The van der Waals surface area contributed by atoms with E-state index in [0.717, 1.165) is 0 Å². The van der Waals surface area contributed by atoms with Crippen LogP contribution in [0.15, 0.2) is 69.4 Å². The van der Waals surface area contributed by atoms with Crippen LogP contribution in [0.2, 0.25) is 0 Å². The minimum Gasteiger partial charge on any atom is -0.792 e. The number of hydrogen-bond acceptors (Lipinski definition) is 6. The first-order valence-corrected chi connectivity index (χ1v) is 6.24. The molecule has 10 heteroatoms. The molecule has 0 bridgehead atoms. The summed E-state index contributed by atoms with van der Waals surface area (Å²) in [5, 5.41) is 43.2. The van der Waals surface area contributed by atoms with E-state index in [4.69, 9.17) is 10.2 Å². The Balaban J connectivity index is -0.000000161. The molecule has 0 aromatic rings. The van der Waals surface area contributed by atoms with Gasteiger partial charge in [0.25, 0.3) is 0 Å². The standard InChI is InChI=1S/2C8H8NO2.2ClH.2Pd/c2*1-6(9-11)7-2-4-8(10)5-3-7;;;;/h2*2,4-5,10-11H,1H3;2*1H;;/p-2. The third-order valence-electron chi connectivity index (χ3n) is 2.65. The van der Waals surface area contributed by atoms with Crippen molar-refractivity contribution >= 4 is 36.2 Å². The first kappa shape index (κ1) is 32.9. The number of hydrogen-bond donors (Lipinski definition) is 2.